The van der Waals surface area contributed by atoms with Gasteiger partial charge in [0.1, 0.15) is 11.5 Å². The molecule has 4 nitrogen and oxygen atoms in total. The van der Waals surface area contributed by atoms with Crippen molar-refractivity contribution in [1.29, 1.82) is 5.26 Å². The third-order valence-corrected chi connectivity index (χ3v) is 3.11. The number of hydrogen-bond donors (Lipinski definition) is 0. The van der Waals surface area contributed by atoms with E-state index >= 15 is 0 Å². The van der Waals surface area contributed by atoms with Crippen LogP contribution in [0, 0.1) is 25.2 Å². The smallest absolute Gasteiger partial charge is 0.417 e. The van der Waals surface area contributed by atoms with Crippen LogP contribution in [0.5, 0.6) is 0 Å². The van der Waals surface area contributed by atoms with Crippen LogP contribution >= 0.6 is 0 Å². The number of hydrogen-bond acceptors (Lipinski definition) is 4. The van der Waals surface area contributed by atoms with E-state index < -0.39 is 23.4 Å². The van der Waals surface area contributed by atoms with Crippen LogP contribution < -0.4 is 0 Å². The molecule has 0 aliphatic carbocycles. The molecule has 0 fully saturated rings. The number of nitriles is 1. The van der Waals surface area contributed by atoms with Crippen molar-refractivity contribution in [2.45, 2.75) is 25.9 Å². The van der Waals surface area contributed by atoms with Crippen LogP contribution in [0.4, 0.5) is 13.2 Å². The van der Waals surface area contributed by atoms with E-state index in [-0.39, 0.29) is 11.3 Å². The lowest BCUT2D eigenvalue weighted by atomic mass is 9.95. The predicted molar refractivity (Wildman–Crippen MR) is 70.1 cm³/mol. The van der Waals surface area contributed by atoms with Crippen molar-refractivity contribution in [3.63, 3.8) is 0 Å². The Morgan fingerprint density at radius 3 is 2.45 bits per heavy atom. The first-order chi connectivity index (χ1) is 10.2. The first kappa shape index (κ1) is 15.8. The van der Waals surface area contributed by atoms with Crippen molar-refractivity contribution < 1.29 is 22.4 Å². The van der Waals surface area contributed by atoms with Crippen LogP contribution in [0.25, 0.3) is 0 Å². The Balaban J connectivity index is 2.35. The summed E-state index contributed by atoms with van der Waals surface area (Å²) >= 11 is 0. The van der Waals surface area contributed by atoms with Gasteiger partial charge in [0.05, 0.1) is 22.9 Å². The molecule has 22 heavy (non-hydrogen) atoms. The van der Waals surface area contributed by atoms with Crippen LogP contribution in [0.1, 0.15) is 39.1 Å². The number of carbonyl (C=O) groups excluding carboxylic acids is 1. The molecule has 0 amide bonds. The number of carbonyl (C=O) groups is 1. The normalized spacial score (nSPS) is 12.7. The minimum absolute atomic E-state index is 0.0289. The maximum Gasteiger partial charge on any atom is 0.417 e. The third kappa shape index (κ3) is 3.01. The van der Waals surface area contributed by atoms with Gasteiger partial charge in [0.2, 0.25) is 0 Å². The van der Waals surface area contributed by atoms with Crippen LogP contribution in [0.3, 0.4) is 0 Å². The lowest BCUT2D eigenvalue weighted by Gasteiger charge is -2.09. The fourth-order valence-electron chi connectivity index (χ4n) is 2.03. The van der Waals surface area contributed by atoms with Gasteiger partial charge in [0, 0.05) is 6.20 Å². The van der Waals surface area contributed by atoms with E-state index in [1.807, 2.05) is 0 Å². The van der Waals surface area contributed by atoms with Crippen molar-refractivity contribution in [1.82, 2.24) is 4.98 Å². The number of alkyl halides is 3. The average Bonchev–Trinajstić information content (AvgIpc) is 2.78. The minimum atomic E-state index is -4.52. The van der Waals surface area contributed by atoms with Crippen molar-refractivity contribution in [3.8, 4) is 6.07 Å². The second kappa shape index (κ2) is 5.64. The highest BCUT2D eigenvalue weighted by atomic mass is 19.4. The number of aromatic nitrogens is 1. The third-order valence-electron chi connectivity index (χ3n) is 3.11. The molecule has 0 saturated heterocycles. The molecule has 2 aromatic rings. The molecule has 2 heterocycles. The quantitative estimate of drug-likeness (QED) is 0.809. The molecule has 1 unspecified atom stereocenters. The predicted octanol–water partition coefficient (Wildman–Crippen LogP) is 3.80. The van der Waals surface area contributed by atoms with Crippen molar-refractivity contribution in [2.75, 3.05) is 0 Å². The van der Waals surface area contributed by atoms with Gasteiger partial charge in [-0.1, -0.05) is 0 Å². The van der Waals surface area contributed by atoms with Gasteiger partial charge in [0.15, 0.2) is 11.7 Å². The SMILES string of the molecule is Cc1cc(C(=O)C(C#N)c2ccc(C(F)(F)F)cn2)c(C)o1. The summed E-state index contributed by atoms with van der Waals surface area (Å²) in [5.41, 5.74) is -0.736. The largest absolute Gasteiger partial charge is 0.466 e. The Hall–Kier alpha value is -2.62. The van der Waals surface area contributed by atoms with E-state index in [0.29, 0.717) is 17.7 Å². The maximum absolute atomic E-state index is 12.5. The first-order valence-corrected chi connectivity index (χ1v) is 6.28. The summed E-state index contributed by atoms with van der Waals surface area (Å²) in [7, 11) is 0. The maximum atomic E-state index is 12.5. The standard InChI is InChI=1S/C15H11F3N2O2/c1-8-5-11(9(2)22-8)14(21)12(6-19)13-4-3-10(7-20-13)15(16,17)18/h3-5,7,12H,1-2H3. The molecule has 7 heteroatoms. The molecule has 0 saturated carbocycles. The number of nitrogens with zero attached hydrogens (tertiary/aromatic N) is 2. The van der Waals surface area contributed by atoms with Gasteiger partial charge in [-0.2, -0.15) is 18.4 Å². The molecule has 1 atom stereocenters. The zero-order valence-corrected chi connectivity index (χ0v) is 11.7. The van der Waals surface area contributed by atoms with Gasteiger partial charge < -0.3 is 4.42 Å². The second-order valence-electron chi connectivity index (χ2n) is 4.72. The van der Waals surface area contributed by atoms with Gasteiger partial charge >= 0.3 is 6.18 Å². The minimum Gasteiger partial charge on any atom is -0.466 e. The van der Waals surface area contributed by atoms with Crippen LogP contribution in [-0.4, -0.2) is 10.8 Å². The molecule has 114 valence electrons. The molecular weight excluding hydrogens is 297 g/mol. The topological polar surface area (TPSA) is 66.9 Å². The zero-order chi connectivity index (χ0) is 16.5. The molecule has 0 aromatic carbocycles. The van der Waals surface area contributed by atoms with E-state index in [0.717, 1.165) is 12.1 Å². The van der Waals surface area contributed by atoms with Crippen molar-refractivity contribution in [3.05, 3.63) is 52.7 Å². The molecule has 2 rings (SSSR count). The monoisotopic (exact) mass is 308 g/mol. The molecule has 0 aliphatic heterocycles. The summed E-state index contributed by atoms with van der Waals surface area (Å²) in [6.07, 6.45) is -3.91. The van der Waals surface area contributed by atoms with E-state index in [1.165, 1.54) is 6.07 Å². The fourth-order valence-corrected chi connectivity index (χ4v) is 2.03. The van der Waals surface area contributed by atoms with Crippen molar-refractivity contribution in [2.24, 2.45) is 0 Å². The van der Waals surface area contributed by atoms with Crippen LogP contribution in [0.2, 0.25) is 0 Å². The summed E-state index contributed by atoms with van der Waals surface area (Å²) in [5.74, 6) is -0.963. The van der Waals surface area contributed by atoms with Gasteiger partial charge in [-0.25, -0.2) is 0 Å². The van der Waals surface area contributed by atoms with E-state index in [2.05, 4.69) is 4.98 Å². The summed E-state index contributed by atoms with van der Waals surface area (Å²) in [4.78, 5) is 16.0. The summed E-state index contributed by atoms with van der Waals surface area (Å²) in [5, 5.41) is 9.17. The Morgan fingerprint density at radius 2 is 2.05 bits per heavy atom. The highest BCUT2D eigenvalue weighted by molar-refractivity contribution is 6.03. The van der Waals surface area contributed by atoms with Gasteiger partial charge in [-0.05, 0) is 32.0 Å². The van der Waals surface area contributed by atoms with Gasteiger partial charge in [-0.15, -0.1) is 0 Å². The molecular formula is C15H11F3N2O2. The zero-order valence-electron chi connectivity index (χ0n) is 11.7. The number of halogens is 3. The number of furan rings is 1. The highest BCUT2D eigenvalue weighted by Gasteiger charge is 2.32. The van der Waals surface area contributed by atoms with Crippen molar-refractivity contribution >= 4 is 5.78 Å². The molecule has 0 radical (unpaired) electrons. The Kier molecular flexibility index (Phi) is 4.04. The molecule has 0 N–H and O–H groups in total. The lowest BCUT2D eigenvalue weighted by Crippen LogP contribution is -2.14. The molecule has 0 spiro atoms. The van der Waals surface area contributed by atoms with Crippen LogP contribution in [-0.2, 0) is 6.18 Å². The number of aryl methyl sites for hydroxylation is 2. The number of pyridine rings is 1. The number of ketones is 1. The Bertz CT molecular complexity index is 740. The van der Waals surface area contributed by atoms with Crippen LogP contribution in [0.15, 0.2) is 28.8 Å². The number of Topliss-reactive ketones (excluding diaryl/α,β-unsaturated/α-hetero) is 1. The molecule has 2 aromatic heterocycles. The summed E-state index contributed by atoms with van der Waals surface area (Å²) in [6, 6.07) is 5.11. The number of rotatable bonds is 3. The molecule has 0 aliphatic rings. The Labute approximate surface area is 124 Å². The molecule has 0 bridgehead atoms. The highest BCUT2D eigenvalue weighted by Crippen LogP contribution is 2.30. The summed E-state index contributed by atoms with van der Waals surface area (Å²) < 4.78 is 42.7. The second-order valence-corrected chi connectivity index (χ2v) is 4.72. The van der Waals surface area contributed by atoms with Gasteiger partial charge in [-0.3, -0.25) is 9.78 Å². The van der Waals surface area contributed by atoms with Gasteiger partial charge in [0.25, 0.3) is 0 Å². The lowest BCUT2D eigenvalue weighted by molar-refractivity contribution is -0.137. The fraction of sp³-hybridized carbons (Fsp3) is 0.267. The van der Waals surface area contributed by atoms with E-state index in [4.69, 9.17) is 4.42 Å². The van der Waals surface area contributed by atoms with E-state index in [1.54, 1.807) is 19.9 Å². The van der Waals surface area contributed by atoms with E-state index in [9.17, 15) is 23.2 Å². The first-order valence-electron chi connectivity index (χ1n) is 6.28. The summed E-state index contributed by atoms with van der Waals surface area (Å²) in [6.45, 7) is 3.23. The Morgan fingerprint density at radius 1 is 1.36 bits per heavy atom. The average molecular weight is 308 g/mol.